The lowest BCUT2D eigenvalue weighted by Gasteiger charge is -2.22. The number of para-hydroxylation sites is 1. The number of thioether (sulfide) groups is 1. The highest BCUT2D eigenvalue weighted by Gasteiger charge is 2.29. The average Bonchev–Trinajstić information content (AvgIpc) is 2.64. The first kappa shape index (κ1) is 23.1. The van der Waals surface area contributed by atoms with Crippen LogP contribution < -0.4 is 10.6 Å². The third-order valence-corrected chi connectivity index (χ3v) is 5.36. The Hall–Kier alpha value is -2.19. The molecule has 2 rings (SSSR count). The van der Waals surface area contributed by atoms with Crippen molar-refractivity contribution < 1.29 is 22.8 Å². The van der Waals surface area contributed by atoms with Crippen LogP contribution in [0.25, 0.3) is 0 Å². The van der Waals surface area contributed by atoms with Crippen LogP contribution in [0, 0.1) is 5.92 Å². The van der Waals surface area contributed by atoms with Crippen molar-refractivity contribution >= 4 is 40.9 Å². The van der Waals surface area contributed by atoms with Crippen molar-refractivity contribution in [3.63, 3.8) is 0 Å². The maximum Gasteiger partial charge on any atom is 0.398 e. The summed E-state index contributed by atoms with van der Waals surface area (Å²) in [5.74, 6) is -2.38. The molecule has 0 saturated heterocycles. The molecule has 0 aliphatic heterocycles. The van der Waals surface area contributed by atoms with E-state index in [0.29, 0.717) is 11.8 Å². The number of amides is 2. The molecule has 0 spiro atoms. The summed E-state index contributed by atoms with van der Waals surface area (Å²) in [4.78, 5) is 25.6. The lowest BCUT2D eigenvalue weighted by Crippen LogP contribution is -2.47. The van der Waals surface area contributed by atoms with Gasteiger partial charge in [0.15, 0.2) is 0 Å². The van der Waals surface area contributed by atoms with Gasteiger partial charge in [-0.3, -0.25) is 9.59 Å². The largest absolute Gasteiger partial charge is 0.398 e. The lowest BCUT2D eigenvalue weighted by molar-refractivity contribution is -0.118. The smallest absolute Gasteiger partial charge is 0.340 e. The van der Waals surface area contributed by atoms with E-state index in [1.165, 1.54) is 18.2 Å². The van der Waals surface area contributed by atoms with E-state index < -0.39 is 29.8 Å². The molecule has 2 N–H and O–H groups in total. The van der Waals surface area contributed by atoms with E-state index in [1.54, 1.807) is 44.2 Å². The summed E-state index contributed by atoms with van der Waals surface area (Å²) in [5, 5.41) is 5.52. The van der Waals surface area contributed by atoms with Crippen molar-refractivity contribution in [2.45, 2.75) is 31.0 Å². The third-order valence-electron chi connectivity index (χ3n) is 3.89. The summed E-state index contributed by atoms with van der Waals surface area (Å²) in [5.41, 5.74) is 0.484. The number of rotatable bonds is 7. The van der Waals surface area contributed by atoms with Crippen LogP contribution >= 0.6 is 23.4 Å². The fourth-order valence-corrected chi connectivity index (χ4v) is 3.46. The molecule has 2 amide bonds. The van der Waals surface area contributed by atoms with Gasteiger partial charge in [0.2, 0.25) is 5.91 Å². The van der Waals surface area contributed by atoms with Crippen molar-refractivity contribution in [2.24, 2.45) is 5.92 Å². The Morgan fingerprint density at radius 1 is 1.07 bits per heavy atom. The van der Waals surface area contributed by atoms with E-state index in [9.17, 15) is 22.8 Å². The van der Waals surface area contributed by atoms with Gasteiger partial charge in [-0.05, 0) is 30.2 Å². The molecule has 2 aromatic carbocycles. The second kappa shape index (κ2) is 10.0. The number of carbonyl (C=O) groups excluding carboxylic acids is 2. The molecule has 4 nitrogen and oxygen atoms in total. The standard InChI is InChI=1S/C20H20ClF3N2O2S/c1-12(2)17(26-18(27)13-7-3-4-8-14(13)21)19(28)25-15-9-5-6-10-16(15)29-11-20(22,23)24/h3-10,12,17H,11H2,1-2H3,(H,25,28)(H,26,27). The summed E-state index contributed by atoms with van der Waals surface area (Å²) in [6.07, 6.45) is -4.33. The highest BCUT2D eigenvalue weighted by Crippen LogP contribution is 2.32. The van der Waals surface area contributed by atoms with Gasteiger partial charge < -0.3 is 10.6 Å². The Morgan fingerprint density at radius 2 is 1.69 bits per heavy atom. The van der Waals surface area contributed by atoms with Crippen LogP contribution in [0.4, 0.5) is 18.9 Å². The van der Waals surface area contributed by atoms with Crippen molar-refractivity contribution in [2.75, 3.05) is 11.1 Å². The zero-order valence-corrected chi connectivity index (χ0v) is 17.3. The SMILES string of the molecule is CC(C)C(NC(=O)c1ccccc1Cl)C(=O)Nc1ccccc1SCC(F)(F)F. The minimum absolute atomic E-state index is 0.230. The Labute approximate surface area is 176 Å². The number of benzene rings is 2. The first-order valence-corrected chi connectivity index (χ1v) is 10.1. The van der Waals surface area contributed by atoms with Gasteiger partial charge in [0.25, 0.3) is 5.91 Å². The summed E-state index contributed by atoms with van der Waals surface area (Å²) < 4.78 is 37.6. The number of alkyl halides is 3. The number of hydrogen-bond donors (Lipinski definition) is 2. The van der Waals surface area contributed by atoms with Crippen LogP contribution in [0.3, 0.4) is 0 Å². The van der Waals surface area contributed by atoms with Crippen molar-refractivity contribution in [1.29, 1.82) is 0 Å². The molecule has 0 aliphatic rings. The zero-order chi connectivity index (χ0) is 21.6. The second-order valence-corrected chi connectivity index (χ2v) is 7.99. The van der Waals surface area contributed by atoms with E-state index >= 15 is 0 Å². The maximum absolute atomic E-state index is 12.8. The molecule has 0 aliphatic carbocycles. The molecule has 156 valence electrons. The number of hydrogen-bond acceptors (Lipinski definition) is 3. The van der Waals surface area contributed by atoms with Crippen LogP contribution in [0.5, 0.6) is 0 Å². The molecule has 9 heteroatoms. The number of nitrogens with one attached hydrogen (secondary N) is 2. The third kappa shape index (κ3) is 6.97. The molecule has 0 aromatic heterocycles. The van der Waals surface area contributed by atoms with Gasteiger partial charge in [0.05, 0.1) is 22.0 Å². The minimum atomic E-state index is -4.33. The van der Waals surface area contributed by atoms with Crippen LogP contribution in [0.15, 0.2) is 53.4 Å². The van der Waals surface area contributed by atoms with Crippen molar-refractivity contribution in [3.05, 3.63) is 59.1 Å². The topological polar surface area (TPSA) is 58.2 Å². The van der Waals surface area contributed by atoms with E-state index in [1.807, 2.05) is 0 Å². The average molecular weight is 445 g/mol. The second-order valence-electron chi connectivity index (χ2n) is 6.56. The fraction of sp³-hybridized carbons (Fsp3) is 0.300. The van der Waals surface area contributed by atoms with Crippen LogP contribution in [0.2, 0.25) is 5.02 Å². The van der Waals surface area contributed by atoms with Gasteiger partial charge >= 0.3 is 6.18 Å². The molecular formula is C20H20ClF3N2O2S. The normalized spacial score (nSPS) is 12.5. The number of anilines is 1. The molecule has 0 saturated carbocycles. The van der Waals surface area contributed by atoms with Gasteiger partial charge in [0, 0.05) is 4.90 Å². The molecule has 0 heterocycles. The molecule has 1 atom stereocenters. The molecule has 2 aromatic rings. The van der Waals surface area contributed by atoms with Crippen LogP contribution in [-0.2, 0) is 4.79 Å². The van der Waals surface area contributed by atoms with Crippen molar-refractivity contribution in [1.82, 2.24) is 5.32 Å². The van der Waals surface area contributed by atoms with Gasteiger partial charge in [-0.2, -0.15) is 13.2 Å². The van der Waals surface area contributed by atoms with Gasteiger partial charge in [-0.1, -0.05) is 49.7 Å². The maximum atomic E-state index is 12.8. The molecule has 0 bridgehead atoms. The predicted molar refractivity (Wildman–Crippen MR) is 109 cm³/mol. The predicted octanol–water partition coefficient (Wildman–Crippen LogP) is 5.39. The highest BCUT2D eigenvalue weighted by molar-refractivity contribution is 7.99. The Bertz CT molecular complexity index is 875. The first-order chi connectivity index (χ1) is 13.6. The van der Waals surface area contributed by atoms with E-state index in [-0.39, 0.29) is 27.1 Å². The van der Waals surface area contributed by atoms with Gasteiger partial charge in [-0.15, -0.1) is 11.8 Å². The van der Waals surface area contributed by atoms with Crippen molar-refractivity contribution in [3.8, 4) is 0 Å². The summed E-state index contributed by atoms with van der Waals surface area (Å²) in [7, 11) is 0. The quantitative estimate of drug-likeness (QED) is 0.563. The van der Waals surface area contributed by atoms with E-state index in [0.717, 1.165) is 0 Å². The first-order valence-electron chi connectivity index (χ1n) is 8.73. The summed E-state index contributed by atoms with van der Waals surface area (Å²) in [6, 6.07) is 11.8. The van der Waals surface area contributed by atoms with Crippen LogP contribution in [0.1, 0.15) is 24.2 Å². The Balaban J connectivity index is 2.14. The monoisotopic (exact) mass is 444 g/mol. The molecular weight excluding hydrogens is 425 g/mol. The molecule has 29 heavy (non-hydrogen) atoms. The number of halogens is 4. The molecule has 0 fully saturated rings. The molecule has 1 unspecified atom stereocenters. The lowest BCUT2D eigenvalue weighted by atomic mass is 10.0. The van der Waals surface area contributed by atoms with E-state index in [2.05, 4.69) is 10.6 Å². The fourth-order valence-electron chi connectivity index (χ4n) is 2.47. The van der Waals surface area contributed by atoms with Gasteiger partial charge in [-0.25, -0.2) is 0 Å². The zero-order valence-electron chi connectivity index (χ0n) is 15.7. The molecule has 0 radical (unpaired) electrons. The minimum Gasteiger partial charge on any atom is -0.340 e. The Kier molecular flexibility index (Phi) is 7.98. The Morgan fingerprint density at radius 3 is 2.31 bits per heavy atom. The van der Waals surface area contributed by atoms with Crippen LogP contribution in [-0.4, -0.2) is 29.8 Å². The summed E-state index contributed by atoms with van der Waals surface area (Å²) >= 11 is 6.61. The summed E-state index contributed by atoms with van der Waals surface area (Å²) in [6.45, 7) is 3.50. The highest BCUT2D eigenvalue weighted by atomic mass is 35.5. The van der Waals surface area contributed by atoms with Gasteiger partial charge in [0.1, 0.15) is 6.04 Å². The van der Waals surface area contributed by atoms with E-state index in [4.69, 9.17) is 11.6 Å². The number of carbonyl (C=O) groups is 2.